The van der Waals surface area contributed by atoms with Crippen molar-refractivity contribution in [3.63, 3.8) is 0 Å². The lowest BCUT2D eigenvalue weighted by molar-refractivity contribution is -0.141. The van der Waals surface area contributed by atoms with Gasteiger partial charge in [0.1, 0.15) is 6.04 Å². The summed E-state index contributed by atoms with van der Waals surface area (Å²) in [6.45, 7) is 0. The lowest BCUT2D eigenvalue weighted by atomic mass is 9.98. The first kappa shape index (κ1) is 13.6. The fourth-order valence-electron chi connectivity index (χ4n) is 2.53. The van der Waals surface area contributed by atoms with Gasteiger partial charge in [0.05, 0.1) is 0 Å². The molecule has 1 amide bonds. The summed E-state index contributed by atoms with van der Waals surface area (Å²) in [7, 11) is 0. The standard InChI is InChI=1S/C17H17NO3/c19-16(12-8-9-12)18-15(17(20)21)10-13-6-3-5-11-4-1-2-7-14(11)13/h1-7,12,15H,8-10H2,(H,18,19)(H,20,21)/t15-/m1/s1. The molecule has 2 aromatic carbocycles. The number of amides is 1. The Morgan fingerprint density at radius 2 is 1.86 bits per heavy atom. The van der Waals surface area contributed by atoms with Crippen LogP contribution in [0.5, 0.6) is 0 Å². The van der Waals surface area contributed by atoms with E-state index in [1.807, 2.05) is 42.5 Å². The van der Waals surface area contributed by atoms with E-state index in [1.165, 1.54) is 0 Å². The van der Waals surface area contributed by atoms with Crippen LogP contribution in [0.4, 0.5) is 0 Å². The molecule has 0 spiro atoms. The van der Waals surface area contributed by atoms with E-state index < -0.39 is 12.0 Å². The van der Waals surface area contributed by atoms with Crippen LogP contribution in [-0.2, 0) is 16.0 Å². The summed E-state index contributed by atoms with van der Waals surface area (Å²) < 4.78 is 0. The van der Waals surface area contributed by atoms with Crippen LogP contribution in [0.25, 0.3) is 10.8 Å². The molecule has 0 saturated heterocycles. The van der Waals surface area contributed by atoms with E-state index in [4.69, 9.17) is 0 Å². The number of fused-ring (bicyclic) bond motifs is 1. The van der Waals surface area contributed by atoms with Crippen LogP contribution in [0.2, 0.25) is 0 Å². The number of carboxylic acids is 1. The number of carbonyl (C=O) groups excluding carboxylic acids is 1. The second-order valence-electron chi connectivity index (χ2n) is 5.52. The minimum absolute atomic E-state index is 0.0133. The number of carbonyl (C=O) groups is 2. The van der Waals surface area contributed by atoms with Crippen molar-refractivity contribution in [3.8, 4) is 0 Å². The number of benzene rings is 2. The van der Waals surface area contributed by atoms with Crippen LogP contribution < -0.4 is 5.32 Å². The van der Waals surface area contributed by atoms with Crippen molar-refractivity contribution in [1.29, 1.82) is 0 Å². The summed E-state index contributed by atoms with van der Waals surface area (Å²) in [4.78, 5) is 23.2. The molecule has 1 saturated carbocycles. The molecule has 4 heteroatoms. The van der Waals surface area contributed by atoms with Gasteiger partial charge in [-0.2, -0.15) is 0 Å². The first-order valence-corrected chi connectivity index (χ1v) is 7.15. The lowest BCUT2D eigenvalue weighted by Gasteiger charge is -2.15. The first-order chi connectivity index (χ1) is 10.1. The van der Waals surface area contributed by atoms with Gasteiger partial charge in [-0.1, -0.05) is 42.5 Å². The highest BCUT2D eigenvalue weighted by molar-refractivity contribution is 5.89. The number of hydrogen-bond acceptors (Lipinski definition) is 2. The Hall–Kier alpha value is -2.36. The highest BCUT2D eigenvalue weighted by Gasteiger charge is 2.32. The molecule has 0 unspecified atom stereocenters. The predicted molar refractivity (Wildman–Crippen MR) is 79.9 cm³/mol. The van der Waals surface area contributed by atoms with Gasteiger partial charge in [0, 0.05) is 12.3 Å². The lowest BCUT2D eigenvalue weighted by Crippen LogP contribution is -2.43. The number of hydrogen-bond donors (Lipinski definition) is 2. The molecule has 2 aromatic rings. The highest BCUT2D eigenvalue weighted by atomic mass is 16.4. The maximum atomic E-state index is 11.8. The second-order valence-corrected chi connectivity index (χ2v) is 5.52. The van der Waals surface area contributed by atoms with E-state index in [0.29, 0.717) is 6.42 Å². The molecule has 2 N–H and O–H groups in total. The zero-order chi connectivity index (χ0) is 14.8. The third-order valence-electron chi connectivity index (χ3n) is 3.87. The third kappa shape index (κ3) is 3.05. The largest absolute Gasteiger partial charge is 0.480 e. The molecule has 4 nitrogen and oxygen atoms in total. The summed E-state index contributed by atoms with van der Waals surface area (Å²) in [5.41, 5.74) is 0.941. The average molecular weight is 283 g/mol. The minimum atomic E-state index is -0.989. The van der Waals surface area contributed by atoms with Crippen LogP contribution in [0.1, 0.15) is 18.4 Å². The van der Waals surface area contributed by atoms with Gasteiger partial charge in [-0.05, 0) is 29.2 Å². The van der Waals surface area contributed by atoms with Gasteiger partial charge in [-0.3, -0.25) is 4.79 Å². The van der Waals surface area contributed by atoms with Crippen molar-refractivity contribution < 1.29 is 14.7 Å². The molecule has 1 fully saturated rings. The normalized spacial score (nSPS) is 15.6. The maximum absolute atomic E-state index is 11.8. The summed E-state index contributed by atoms with van der Waals surface area (Å²) >= 11 is 0. The van der Waals surface area contributed by atoms with Crippen LogP contribution in [-0.4, -0.2) is 23.0 Å². The summed E-state index contributed by atoms with van der Waals surface area (Å²) in [5, 5.41) is 14.1. The Morgan fingerprint density at radius 1 is 1.14 bits per heavy atom. The zero-order valence-electron chi connectivity index (χ0n) is 11.6. The van der Waals surface area contributed by atoms with E-state index in [1.54, 1.807) is 0 Å². The van der Waals surface area contributed by atoms with Gasteiger partial charge in [-0.15, -0.1) is 0 Å². The fraction of sp³-hybridized carbons (Fsp3) is 0.294. The monoisotopic (exact) mass is 283 g/mol. The van der Waals surface area contributed by atoms with E-state index in [2.05, 4.69) is 5.32 Å². The average Bonchev–Trinajstić information content (AvgIpc) is 3.31. The van der Waals surface area contributed by atoms with Crippen LogP contribution in [0, 0.1) is 5.92 Å². The molecule has 3 rings (SSSR count). The quantitative estimate of drug-likeness (QED) is 0.885. The van der Waals surface area contributed by atoms with Crippen LogP contribution >= 0.6 is 0 Å². The summed E-state index contributed by atoms with van der Waals surface area (Å²) in [6, 6.07) is 12.8. The van der Waals surface area contributed by atoms with Crippen LogP contribution in [0.3, 0.4) is 0 Å². The molecule has 0 bridgehead atoms. The SMILES string of the molecule is O=C(N[C@H](Cc1cccc2ccccc12)C(=O)O)C1CC1. The van der Waals surface area contributed by atoms with Gasteiger partial charge < -0.3 is 10.4 Å². The minimum Gasteiger partial charge on any atom is -0.480 e. The van der Waals surface area contributed by atoms with Crippen molar-refractivity contribution in [2.75, 3.05) is 0 Å². The number of carboxylic acid groups (broad SMARTS) is 1. The molecular formula is C17H17NO3. The van der Waals surface area contributed by atoms with E-state index >= 15 is 0 Å². The molecule has 0 heterocycles. The Bertz CT molecular complexity index is 686. The molecule has 0 aromatic heterocycles. The number of nitrogens with one attached hydrogen (secondary N) is 1. The van der Waals surface area contributed by atoms with Gasteiger partial charge in [0.2, 0.25) is 5.91 Å². The van der Waals surface area contributed by atoms with Crippen molar-refractivity contribution in [2.45, 2.75) is 25.3 Å². The van der Waals surface area contributed by atoms with Crippen molar-refractivity contribution >= 4 is 22.6 Å². The molecule has 1 aliphatic rings. The topological polar surface area (TPSA) is 66.4 Å². The fourth-order valence-corrected chi connectivity index (χ4v) is 2.53. The summed E-state index contributed by atoms with van der Waals surface area (Å²) in [5.74, 6) is -1.11. The Morgan fingerprint density at radius 3 is 2.57 bits per heavy atom. The molecular weight excluding hydrogens is 266 g/mol. The van der Waals surface area contributed by atoms with Gasteiger partial charge >= 0.3 is 5.97 Å². The van der Waals surface area contributed by atoms with Crippen LogP contribution in [0.15, 0.2) is 42.5 Å². The van der Waals surface area contributed by atoms with E-state index in [0.717, 1.165) is 29.2 Å². The number of rotatable bonds is 5. The first-order valence-electron chi connectivity index (χ1n) is 7.15. The van der Waals surface area contributed by atoms with Crippen molar-refractivity contribution in [2.24, 2.45) is 5.92 Å². The van der Waals surface area contributed by atoms with Gasteiger partial charge in [-0.25, -0.2) is 4.79 Å². The Balaban J connectivity index is 1.83. The third-order valence-corrected chi connectivity index (χ3v) is 3.87. The maximum Gasteiger partial charge on any atom is 0.326 e. The molecule has 1 atom stereocenters. The zero-order valence-corrected chi connectivity index (χ0v) is 11.6. The van der Waals surface area contributed by atoms with E-state index in [-0.39, 0.29) is 11.8 Å². The van der Waals surface area contributed by atoms with E-state index in [9.17, 15) is 14.7 Å². The Kier molecular flexibility index (Phi) is 3.60. The van der Waals surface area contributed by atoms with Gasteiger partial charge in [0.15, 0.2) is 0 Å². The van der Waals surface area contributed by atoms with Crippen molar-refractivity contribution in [3.05, 3.63) is 48.0 Å². The molecule has 0 aliphatic heterocycles. The second kappa shape index (κ2) is 5.56. The highest BCUT2D eigenvalue weighted by Crippen LogP contribution is 2.29. The predicted octanol–water partition coefficient (Wildman–Crippen LogP) is 2.36. The number of aliphatic carboxylic acids is 1. The summed E-state index contributed by atoms with van der Waals surface area (Å²) in [6.07, 6.45) is 2.04. The molecule has 1 aliphatic carbocycles. The molecule has 0 radical (unpaired) electrons. The molecule has 21 heavy (non-hydrogen) atoms. The molecule has 108 valence electrons. The van der Waals surface area contributed by atoms with Crippen molar-refractivity contribution in [1.82, 2.24) is 5.32 Å². The smallest absolute Gasteiger partial charge is 0.326 e. The Labute approximate surface area is 122 Å². The van der Waals surface area contributed by atoms with Gasteiger partial charge in [0.25, 0.3) is 0 Å².